The molecule has 1 unspecified atom stereocenters. The van der Waals surface area contributed by atoms with Crippen molar-refractivity contribution in [1.29, 1.82) is 5.26 Å². The second kappa shape index (κ2) is 16.7. The van der Waals surface area contributed by atoms with E-state index in [2.05, 4.69) is 50.5 Å². The highest BCUT2D eigenvalue weighted by Gasteiger charge is 2.44. The number of hydrogen-bond acceptors (Lipinski definition) is 8. The minimum atomic E-state index is -0.536. The number of amides is 3. The summed E-state index contributed by atoms with van der Waals surface area (Å²) in [6.07, 6.45) is 7.83. The number of nitrogens with one attached hydrogen (secondary N) is 2. The Morgan fingerprint density at radius 1 is 0.930 bits per heavy atom. The molecule has 5 heterocycles. The van der Waals surface area contributed by atoms with Crippen LogP contribution in [-0.2, 0) is 9.59 Å². The summed E-state index contributed by atoms with van der Waals surface area (Å²) >= 11 is 6.38. The predicted octanol–water partition coefficient (Wildman–Crippen LogP) is 7.19. The largest absolute Gasteiger partial charge is 0.374 e. The Balaban J connectivity index is 0.760. The molecule has 5 aliphatic heterocycles. The first kappa shape index (κ1) is 39.2. The maximum absolute atomic E-state index is 15.2. The second-order valence-corrected chi connectivity index (χ2v) is 17.6. The molecule has 0 aromatic heterocycles. The van der Waals surface area contributed by atoms with E-state index in [1.54, 1.807) is 0 Å². The lowest BCUT2D eigenvalue weighted by molar-refractivity contribution is -0.133. The third-order valence-corrected chi connectivity index (χ3v) is 13.8. The minimum absolute atomic E-state index is 0.113. The zero-order valence-corrected chi connectivity index (χ0v) is 33.6. The van der Waals surface area contributed by atoms with Gasteiger partial charge in [-0.3, -0.25) is 19.7 Å². The number of hydrogen-bond donors (Lipinski definition) is 2. The van der Waals surface area contributed by atoms with Gasteiger partial charge in [0.25, 0.3) is 5.91 Å². The highest BCUT2D eigenvalue weighted by molar-refractivity contribution is 6.32. The zero-order chi connectivity index (χ0) is 39.7. The van der Waals surface area contributed by atoms with Crippen LogP contribution in [0, 0.1) is 28.5 Å². The molecule has 57 heavy (non-hydrogen) atoms. The van der Waals surface area contributed by atoms with Gasteiger partial charge in [0.1, 0.15) is 17.9 Å². The van der Waals surface area contributed by atoms with Crippen LogP contribution in [0.3, 0.4) is 0 Å². The molecule has 5 fully saturated rings. The summed E-state index contributed by atoms with van der Waals surface area (Å²) in [5.74, 6) is -0.0742. The van der Waals surface area contributed by atoms with Crippen molar-refractivity contribution in [1.82, 2.24) is 15.1 Å². The van der Waals surface area contributed by atoms with Gasteiger partial charge in [-0.15, -0.1) is 0 Å². The molecule has 1 spiro atoms. The molecule has 3 aromatic rings. The molecular formula is C45H53ClFN7O3. The van der Waals surface area contributed by atoms with Crippen molar-refractivity contribution in [3.63, 3.8) is 0 Å². The summed E-state index contributed by atoms with van der Waals surface area (Å²) in [7, 11) is 0. The average Bonchev–Trinajstić information content (AvgIpc) is 3.54. The van der Waals surface area contributed by atoms with Crippen LogP contribution in [0.5, 0.6) is 0 Å². The number of piperidine rings is 4. The molecule has 10 nitrogen and oxygen atoms in total. The van der Waals surface area contributed by atoms with E-state index in [4.69, 9.17) is 11.6 Å². The number of nitrogens with zero attached hydrogens (tertiary/aromatic N) is 5. The van der Waals surface area contributed by atoms with Crippen LogP contribution in [0.4, 0.5) is 21.5 Å². The van der Waals surface area contributed by atoms with Crippen LogP contribution in [0.2, 0.25) is 5.02 Å². The number of carbonyl (C=O) groups is 3. The van der Waals surface area contributed by atoms with E-state index in [0.717, 1.165) is 114 Å². The Morgan fingerprint density at radius 3 is 2.32 bits per heavy atom. The standard InChI is InChI=1S/C45H53ClFN7O3/c1-30-26-45(29-54(30)37-8-4-34(27-48)39(46)25-37)16-22-52(23-17-45)36-6-2-33(3-7-36)44(57)53-20-12-31(13-21-53)28-51-18-14-32(15-19-51)38-9-5-35(24-40(38)47)49-41-10-11-42(55)50-43(41)56/h2-9,24-25,30-32,41,49H,10-23,26,28-29H2,1H3,(H,50,55,56)/t30-,41?/m1/s1. The van der Waals surface area contributed by atoms with Gasteiger partial charge < -0.3 is 24.9 Å². The third-order valence-electron chi connectivity index (χ3n) is 13.5. The van der Waals surface area contributed by atoms with Crippen molar-refractivity contribution in [3.05, 3.63) is 88.2 Å². The van der Waals surface area contributed by atoms with Crippen molar-refractivity contribution < 1.29 is 18.8 Å². The van der Waals surface area contributed by atoms with Gasteiger partial charge >= 0.3 is 0 Å². The fraction of sp³-hybridized carbons (Fsp3) is 0.511. The molecule has 5 saturated heterocycles. The Hall–Kier alpha value is -4.66. The molecule has 0 radical (unpaired) electrons. The van der Waals surface area contributed by atoms with Crippen LogP contribution in [0.1, 0.15) is 92.1 Å². The number of anilines is 3. The highest BCUT2D eigenvalue weighted by Crippen LogP contribution is 2.46. The number of rotatable bonds is 8. The van der Waals surface area contributed by atoms with Gasteiger partial charge in [0, 0.05) is 74.4 Å². The Bertz CT molecular complexity index is 2010. The third kappa shape index (κ3) is 8.63. The van der Waals surface area contributed by atoms with Crippen LogP contribution in [0.25, 0.3) is 0 Å². The van der Waals surface area contributed by atoms with E-state index >= 15 is 4.39 Å². The number of likely N-dealkylation sites (tertiary alicyclic amines) is 2. The number of benzene rings is 3. The number of nitriles is 1. The highest BCUT2D eigenvalue weighted by atomic mass is 35.5. The lowest BCUT2D eigenvalue weighted by atomic mass is 9.76. The van der Waals surface area contributed by atoms with Gasteiger partial charge in [-0.1, -0.05) is 17.7 Å². The van der Waals surface area contributed by atoms with E-state index in [1.165, 1.54) is 11.8 Å². The average molecular weight is 794 g/mol. The van der Waals surface area contributed by atoms with E-state index in [-0.39, 0.29) is 41.3 Å². The fourth-order valence-corrected chi connectivity index (χ4v) is 10.3. The first-order valence-corrected chi connectivity index (χ1v) is 21.2. The quantitative estimate of drug-likeness (QED) is 0.231. The molecule has 3 aromatic carbocycles. The van der Waals surface area contributed by atoms with Crippen molar-refractivity contribution in [2.24, 2.45) is 11.3 Å². The lowest BCUT2D eigenvalue weighted by Crippen LogP contribution is -2.47. The summed E-state index contributed by atoms with van der Waals surface area (Å²) < 4.78 is 15.2. The van der Waals surface area contributed by atoms with Gasteiger partial charge in [-0.25, -0.2) is 4.39 Å². The minimum Gasteiger partial charge on any atom is -0.374 e. The smallest absolute Gasteiger partial charge is 0.253 e. The van der Waals surface area contributed by atoms with E-state index in [1.807, 2.05) is 47.4 Å². The lowest BCUT2D eigenvalue weighted by Gasteiger charge is -2.40. The number of carbonyl (C=O) groups excluding carboxylic acids is 3. The summed E-state index contributed by atoms with van der Waals surface area (Å²) in [4.78, 5) is 46.5. The van der Waals surface area contributed by atoms with Gasteiger partial charge in [-0.2, -0.15) is 5.26 Å². The molecule has 0 bridgehead atoms. The number of halogens is 2. The van der Waals surface area contributed by atoms with Crippen LogP contribution in [0.15, 0.2) is 60.7 Å². The van der Waals surface area contributed by atoms with Crippen molar-refractivity contribution in [2.75, 3.05) is 67.5 Å². The Morgan fingerprint density at radius 2 is 1.65 bits per heavy atom. The molecule has 2 atom stereocenters. The summed E-state index contributed by atoms with van der Waals surface area (Å²) in [6.45, 7) is 9.67. The van der Waals surface area contributed by atoms with Crippen LogP contribution in [-0.4, -0.2) is 92.0 Å². The normalized spacial score (nSPS) is 23.4. The summed E-state index contributed by atoms with van der Waals surface area (Å²) in [6, 6.07) is 21.2. The first-order chi connectivity index (χ1) is 27.6. The Kier molecular flexibility index (Phi) is 11.5. The van der Waals surface area contributed by atoms with E-state index in [0.29, 0.717) is 34.7 Å². The molecule has 3 amide bonds. The second-order valence-electron chi connectivity index (χ2n) is 17.2. The van der Waals surface area contributed by atoms with Crippen LogP contribution < -0.4 is 20.4 Å². The summed E-state index contributed by atoms with van der Waals surface area (Å²) in [5, 5.41) is 15.2. The molecule has 12 heteroatoms. The maximum atomic E-state index is 15.2. The predicted molar refractivity (Wildman–Crippen MR) is 221 cm³/mol. The van der Waals surface area contributed by atoms with Gasteiger partial charge in [0.15, 0.2) is 0 Å². The summed E-state index contributed by atoms with van der Waals surface area (Å²) in [5.41, 5.74) is 5.08. The number of imide groups is 1. The molecule has 0 aliphatic carbocycles. The van der Waals surface area contributed by atoms with Crippen molar-refractivity contribution >= 4 is 46.4 Å². The SMILES string of the molecule is C[C@@H]1CC2(CCN(c3ccc(C(=O)N4CCC(CN5CCC(c6ccc(NC7CCC(=O)NC7=O)cc6F)CC5)CC4)cc3)CC2)CN1c1ccc(C#N)c(Cl)c1. The van der Waals surface area contributed by atoms with Gasteiger partial charge in [0.2, 0.25) is 11.8 Å². The van der Waals surface area contributed by atoms with Crippen molar-refractivity contribution in [2.45, 2.75) is 82.7 Å². The van der Waals surface area contributed by atoms with Crippen LogP contribution >= 0.6 is 11.6 Å². The molecular weight excluding hydrogens is 741 g/mol. The molecule has 8 rings (SSSR count). The van der Waals surface area contributed by atoms with Gasteiger partial charge in [0.05, 0.1) is 10.6 Å². The topological polar surface area (TPSA) is 112 Å². The maximum Gasteiger partial charge on any atom is 0.253 e. The molecule has 5 aliphatic rings. The molecule has 300 valence electrons. The van der Waals surface area contributed by atoms with Gasteiger partial charge in [-0.05, 0) is 149 Å². The zero-order valence-electron chi connectivity index (χ0n) is 32.8. The molecule has 0 saturated carbocycles. The van der Waals surface area contributed by atoms with E-state index < -0.39 is 6.04 Å². The first-order valence-electron chi connectivity index (χ1n) is 20.8. The molecule has 2 N–H and O–H groups in total. The monoisotopic (exact) mass is 793 g/mol. The Labute approximate surface area is 340 Å². The fourth-order valence-electron chi connectivity index (χ4n) is 10.1. The van der Waals surface area contributed by atoms with Crippen molar-refractivity contribution in [3.8, 4) is 6.07 Å². The van der Waals surface area contributed by atoms with E-state index in [9.17, 15) is 19.6 Å².